The molecule has 0 aromatic heterocycles. The van der Waals surface area contributed by atoms with E-state index in [-0.39, 0.29) is 29.0 Å². The van der Waals surface area contributed by atoms with Gasteiger partial charge in [-0.1, -0.05) is 60.7 Å². The Morgan fingerprint density at radius 2 is 1.50 bits per heavy atom. The number of hydrogen-bond acceptors (Lipinski definition) is 5. The van der Waals surface area contributed by atoms with Crippen molar-refractivity contribution in [3.63, 3.8) is 0 Å². The van der Waals surface area contributed by atoms with Gasteiger partial charge < -0.3 is 41.4 Å². The molecule has 3 fully saturated rings. The number of amides is 1. The Balaban J connectivity index is 0.00000361. The Hall–Kier alpha value is -2.42. The lowest BCUT2D eigenvalue weighted by Gasteiger charge is -2.52. The van der Waals surface area contributed by atoms with E-state index in [1.165, 1.54) is 0 Å². The molecule has 0 radical (unpaired) electrons. The van der Waals surface area contributed by atoms with E-state index in [0.717, 1.165) is 37.0 Å². The smallest absolute Gasteiger partial charge is 0.407 e. The normalized spacial score (nSPS) is 23.3. The molecule has 1 atom stereocenters. The molecule has 2 bridgehead atoms. The van der Waals surface area contributed by atoms with Gasteiger partial charge in [-0.3, -0.25) is 0 Å². The van der Waals surface area contributed by atoms with Gasteiger partial charge in [0, 0.05) is 18.8 Å². The number of alkyl carbamates (subject to hydrolysis) is 1. The van der Waals surface area contributed by atoms with E-state index < -0.39 is 23.3 Å². The predicted molar refractivity (Wildman–Crippen MR) is 132 cm³/mol. The van der Waals surface area contributed by atoms with Gasteiger partial charge >= 0.3 is 12.1 Å². The molecule has 8 heteroatoms. The number of aliphatic hydroxyl groups is 1. The van der Waals surface area contributed by atoms with Crippen LogP contribution in [0.15, 0.2) is 60.7 Å². The van der Waals surface area contributed by atoms with Crippen LogP contribution in [0.5, 0.6) is 0 Å². The molecule has 0 aliphatic carbocycles. The van der Waals surface area contributed by atoms with Crippen LogP contribution in [0.1, 0.15) is 44.7 Å². The molecule has 5 rings (SSSR count). The molecule has 1 amide bonds. The average molecular weight is 562 g/mol. The van der Waals surface area contributed by atoms with Crippen LogP contribution in [0.25, 0.3) is 0 Å². The lowest BCUT2D eigenvalue weighted by molar-refractivity contribution is -0.945. The van der Waals surface area contributed by atoms with Gasteiger partial charge in [0.2, 0.25) is 5.60 Å². The van der Waals surface area contributed by atoms with Crippen molar-refractivity contribution in [2.45, 2.75) is 50.9 Å². The lowest BCUT2D eigenvalue weighted by atomic mass is 9.82. The Morgan fingerprint density at radius 1 is 0.972 bits per heavy atom. The fraction of sp³-hybridized carbons (Fsp3) is 0.500. The van der Waals surface area contributed by atoms with E-state index in [4.69, 9.17) is 9.47 Å². The predicted octanol–water partition coefficient (Wildman–Crippen LogP) is 0.603. The summed E-state index contributed by atoms with van der Waals surface area (Å²) in [5, 5.41) is 14.6. The zero-order chi connectivity index (χ0) is 25.1. The summed E-state index contributed by atoms with van der Waals surface area (Å²) in [6.07, 6.45) is 1.23. The van der Waals surface area contributed by atoms with E-state index >= 15 is 0 Å². The van der Waals surface area contributed by atoms with Gasteiger partial charge in [-0.2, -0.15) is 0 Å². The summed E-state index contributed by atoms with van der Waals surface area (Å²) >= 11 is 0. The van der Waals surface area contributed by atoms with Gasteiger partial charge in [0.25, 0.3) is 0 Å². The highest BCUT2D eigenvalue weighted by Crippen LogP contribution is 2.38. The number of quaternary nitrogens is 1. The van der Waals surface area contributed by atoms with Crippen LogP contribution in [0, 0.1) is 5.92 Å². The van der Waals surface area contributed by atoms with Gasteiger partial charge in [-0.25, -0.2) is 9.59 Å². The number of rotatable bonds is 7. The maximum absolute atomic E-state index is 13.6. The van der Waals surface area contributed by atoms with Crippen LogP contribution in [0.2, 0.25) is 0 Å². The molecule has 2 aromatic carbocycles. The fourth-order valence-corrected chi connectivity index (χ4v) is 5.36. The second kappa shape index (κ2) is 11.3. The SMILES string of the molecule is CC(C)(C)OC(=O)NCC[N+]12CCC(CC1)[C@@H](OC(=O)C(O)(c1ccccc1)c1ccccc1)C2.[Br-]. The molecule has 196 valence electrons. The molecule has 3 saturated heterocycles. The minimum Gasteiger partial charge on any atom is -1.00 e. The Morgan fingerprint density at radius 3 is 2.00 bits per heavy atom. The summed E-state index contributed by atoms with van der Waals surface area (Å²) in [6, 6.07) is 17.9. The zero-order valence-electron chi connectivity index (χ0n) is 21.3. The number of esters is 1. The van der Waals surface area contributed by atoms with Crippen molar-refractivity contribution in [1.29, 1.82) is 0 Å². The maximum atomic E-state index is 13.6. The second-order valence-electron chi connectivity index (χ2n) is 10.8. The Kier molecular flexibility index (Phi) is 8.85. The van der Waals surface area contributed by atoms with Gasteiger partial charge in [-0.15, -0.1) is 0 Å². The first-order valence-corrected chi connectivity index (χ1v) is 12.5. The third kappa shape index (κ3) is 6.28. The highest BCUT2D eigenvalue weighted by molar-refractivity contribution is 5.85. The van der Waals surface area contributed by atoms with Gasteiger partial charge in [0.15, 0.2) is 6.10 Å². The van der Waals surface area contributed by atoms with E-state index in [9.17, 15) is 14.7 Å². The Bertz CT molecular complexity index is 978. The topological polar surface area (TPSA) is 84.9 Å². The van der Waals surface area contributed by atoms with Crippen LogP contribution in [0.4, 0.5) is 4.79 Å². The molecule has 36 heavy (non-hydrogen) atoms. The minimum absolute atomic E-state index is 0. The summed E-state index contributed by atoms with van der Waals surface area (Å²) in [7, 11) is 0. The summed E-state index contributed by atoms with van der Waals surface area (Å²) in [5.41, 5.74) is -1.43. The number of halogens is 1. The summed E-state index contributed by atoms with van der Waals surface area (Å²) in [5.74, 6) is -0.354. The van der Waals surface area contributed by atoms with Crippen LogP contribution in [-0.4, -0.2) is 66.1 Å². The number of nitrogens with one attached hydrogen (secondary N) is 1. The maximum Gasteiger partial charge on any atom is 0.407 e. The summed E-state index contributed by atoms with van der Waals surface area (Å²) in [6.45, 7) is 9.46. The fourth-order valence-electron chi connectivity index (χ4n) is 5.36. The standard InChI is InChI=1S/C28H36N2O5.BrH/c1-27(2,3)35-26(32)29-16-19-30-17-14-21(15-18-30)24(20-30)34-25(31)28(33,22-10-6-4-7-11-22)23-12-8-5-9-13-23;/h4-13,21,24,33H,14-20H2,1-3H3;1H/t21?,24-,30?;/m0./s1. The number of hydrogen-bond donors (Lipinski definition) is 2. The third-order valence-corrected chi connectivity index (χ3v) is 7.23. The highest BCUT2D eigenvalue weighted by Gasteiger charge is 2.50. The van der Waals surface area contributed by atoms with Crippen molar-refractivity contribution in [2.75, 3.05) is 32.7 Å². The first-order valence-electron chi connectivity index (χ1n) is 12.5. The lowest BCUT2D eigenvalue weighted by Crippen LogP contribution is -3.00. The van der Waals surface area contributed by atoms with E-state index in [0.29, 0.717) is 24.2 Å². The number of nitrogens with zero attached hydrogens (tertiary/aromatic N) is 1. The van der Waals surface area contributed by atoms with Crippen molar-refractivity contribution in [2.24, 2.45) is 5.92 Å². The number of carbonyl (C=O) groups excluding carboxylic acids is 2. The van der Waals surface area contributed by atoms with Crippen molar-refractivity contribution < 1.29 is 45.6 Å². The van der Waals surface area contributed by atoms with Crippen LogP contribution >= 0.6 is 0 Å². The van der Waals surface area contributed by atoms with E-state index in [1.807, 2.05) is 57.2 Å². The largest absolute Gasteiger partial charge is 1.00 e. The average Bonchev–Trinajstić information content (AvgIpc) is 2.84. The molecule has 2 aromatic rings. The molecule has 7 nitrogen and oxygen atoms in total. The highest BCUT2D eigenvalue weighted by atomic mass is 79.9. The van der Waals surface area contributed by atoms with Crippen molar-refractivity contribution in [3.05, 3.63) is 71.8 Å². The number of fused-ring (bicyclic) bond motifs is 3. The van der Waals surface area contributed by atoms with Gasteiger partial charge in [0.05, 0.1) is 26.2 Å². The molecule has 0 unspecified atom stereocenters. The first-order chi connectivity index (χ1) is 16.6. The van der Waals surface area contributed by atoms with Crippen molar-refractivity contribution >= 4 is 12.1 Å². The second-order valence-corrected chi connectivity index (χ2v) is 10.8. The molecular formula is C28H37BrN2O5. The summed E-state index contributed by atoms with van der Waals surface area (Å²) < 4.78 is 12.2. The molecule has 3 heterocycles. The van der Waals surface area contributed by atoms with E-state index in [1.54, 1.807) is 24.3 Å². The summed E-state index contributed by atoms with van der Waals surface area (Å²) in [4.78, 5) is 25.7. The van der Waals surface area contributed by atoms with E-state index in [2.05, 4.69) is 5.32 Å². The van der Waals surface area contributed by atoms with Crippen LogP contribution in [-0.2, 0) is 19.9 Å². The van der Waals surface area contributed by atoms with Crippen LogP contribution < -0.4 is 22.3 Å². The zero-order valence-corrected chi connectivity index (χ0v) is 22.9. The number of benzene rings is 2. The third-order valence-electron chi connectivity index (χ3n) is 7.23. The van der Waals surface area contributed by atoms with Gasteiger partial charge in [0.1, 0.15) is 12.1 Å². The molecule has 3 aliphatic rings. The minimum atomic E-state index is -1.88. The number of carbonyl (C=O) groups is 2. The molecule has 3 aliphatic heterocycles. The number of piperidine rings is 3. The first kappa shape index (κ1) is 28.2. The van der Waals surface area contributed by atoms with Gasteiger partial charge in [-0.05, 0) is 31.9 Å². The number of ether oxygens (including phenoxy) is 2. The van der Waals surface area contributed by atoms with Crippen molar-refractivity contribution in [3.8, 4) is 0 Å². The Labute approximate surface area is 224 Å². The molecule has 2 N–H and O–H groups in total. The molecule has 0 spiro atoms. The van der Waals surface area contributed by atoms with Crippen LogP contribution in [0.3, 0.4) is 0 Å². The quantitative estimate of drug-likeness (QED) is 0.383. The molecule has 0 saturated carbocycles. The monoisotopic (exact) mass is 560 g/mol. The molecular weight excluding hydrogens is 524 g/mol. The van der Waals surface area contributed by atoms with Crippen molar-refractivity contribution in [1.82, 2.24) is 5.32 Å².